The number of thioether (sulfide) groups is 1. The lowest BCUT2D eigenvalue weighted by Gasteiger charge is -2.08. The van der Waals surface area contributed by atoms with Gasteiger partial charge in [-0.15, -0.1) is 10.2 Å². The Morgan fingerprint density at radius 3 is 2.96 bits per heavy atom. The minimum atomic E-state index is -0.0932. The van der Waals surface area contributed by atoms with Crippen LogP contribution in [0, 0.1) is 6.92 Å². The first-order valence-electron chi connectivity index (χ1n) is 7.89. The summed E-state index contributed by atoms with van der Waals surface area (Å²) in [5.41, 5.74) is 4.27. The number of anilines is 1. The molecular formula is C18H14BrN5OS. The van der Waals surface area contributed by atoms with E-state index in [1.165, 1.54) is 11.8 Å². The average molecular weight is 428 g/mol. The standard InChI is InChI=1S/C18H14BrN5OS/c1-11-8-12(6-7-13(11)19)21-16(25)9-26-18-17-23-20-10-24(17)15-5-3-2-4-14(15)22-18/h2-8,10H,9H2,1H3,(H,21,25). The van der Waals surface area contributed by atoms with Gasteiger partial charge in [-0.3, -0.25) is 9.20 Å². The third kappa shape index (κ3) is 3.30. The molecule has 4 rings (SSSR count). The Morgan fingerprint density at radius 1 is 1.27 bits per heavy atom. The van der Waals surface area contributed by atoms with Gasteiger partial charge in [0.2, 0.25) is 5.91 Å². The second-order valence-electron chi connectivity index (χ2n) is 5.73. The molecule has 0 aliphatic carbocycles. The van der Waals surface area contributed by atoms with Crippen molar-refractivity contribution in [3.05, 3.63) is 58.8 Å². The summed E-state index contributed by atoms with van der Waals surface area (Å²) in [7, 11) is 0. The van der Waals surface area contributed by atoms with Gasteiger partial charge in [-0.2, -0.15) is 0 Å². The maximum absolute atomic E-state index is 12.3. The first-order chi connectivity index (χ1) is 12.6. The van der Waals surface area contributed by atoms with E-state index in [0.29, 0.717) is 10.7 Å². The van der Waals surface area contributed by atoms with Crippen molar-refractivity contribution in [1.29, 1.82) is 0 Å². The maximum atomic E-state index is 12.3. The van der Waals surface area contributed by atoms with Gasteiger partial charge in [0.1, 0.15) is 11.4 Å². The summed E-state index contributed by atoms with van der Waals surface area (Å²) in [6, 6.07) is 13.5. The Bertz CT molecular complexity index is 1130. The normalized spacial score (nSPS) is 11.2. The van der Waals surface area contributed by atoms with Crippen LogP contribution in [0.5, 0.6) is 0 Å². The predicted octanol–water partition coefficient (Wildman–Crippen LogP) is 4.08. The van der Waals surface area contributed by atoms with Crippen LogP contribution in [0.4, 0.5) is 5.69 Å². The third-order valence-corrected chi connectivity index (χ3v) is 5.73. The van der Waals surface area contributed by atoms with E-state index in [1.807, 2.05) is 53.8 Å². The number of rotatable bonds is 4. The summed E-state index contributed by atoms with van der Waals surface area (Å²) < 4.78 is 2.90. The monoisotopic (exact) mass is 427 g/mol. The Hall–Kier alpha value is -2.45. The molecule has 6 nitrogen and oxygen atoms in total. The van der Waals surface area contributed by atoms with Gasteiger partial charge in [-0.25, -0.2) is 4.98 Å². The van der Waals surface area contributed by atoms with Crippen molar-refractivity contribution in [1.82, 2.24) is 19.6 Å². The number of benzene rings is 2. The number of nitrogens with zero attached hydrogens (tertiary/aromatic N) is 4. The number of aryl methyl sites for hydroxylation is 1. The molecule has 130 valence electrons. The number of nitrogens with one attached hydrogen (secondary N) is 1. The van der Waals surface area contributed by atoms with E-state index < -0.39 is 0 Å². The van der Waals surface area contributed by atoms with E-state index in [2.05, 4.69) is 36.4 Å². The molecule has 0 saturated heterocycles. The van der Waals surface area contributed by atoms with Gasteiger partial charge in [0.25, 0.3) is 0 Å². The molecule has 0 atom stereocenters. The van der Waals surface area contributed by atoms with Crippen molar-refractivity contribution in [3.63, 3.8) is 0 Å². The van der Waals surface area contributed by atoms with Crippen molar-refractivity contribution in [3.8, 4) is 0 Å². The van der Waals surface area contributed by atoms with Crippen molar-refractivity contribution < 1.29 is 4.79 Å². The number of carbonyl (C=O) groups excluding carboxylic acids is 1. The smallest absolute Gasteiger partial charge is 0.234 e. The summed E-state index contributed by atoms with van der Waals surface area (Å²) in [6.07, 6.45) is 1.66. The SMILES string of the molecule is Cc1cc(NC(=O)CSc2nc3ccccc3n3cnnc23)ccc1Br. The molecule has 0 spiro atoms. The van der Waals surface area contributed by atoms with Gasteiger partial charge in [0.05, 0.1) is 16.8 Å². The van der Waals surface area contributed by atoms with Gasteiger partial charge in [-0.05, 0) is 42.8 Å². The van der Waals surface area contributed by atoms with Crippen LogP contribution in [0.3, 0.4) is 0 Å². The second-order valence-corrected chi connectivity index (χ2v) is 7.55. The maximum Gasteiger partial charge on any atom is 0.234 e. The van der Waals surface area contributed by atoms with E-state index in [0.717, 1.165) is 26.8 Å². The van der Waals surface area contributed by atoms with Crippen LogP contribution in [-0.4, -0.2) is 31.2 Å². The van der Waals surface area contributed by atoms with Crippen LogP contribution >= 0.6 is 27.7 Å². The minimum absolute atomic E-state index is 0.0932. The molecule has 1 amide bonds. The first kappa shape index (κ1) is 17.0. The average Bonchev–Trinajstić information content (AvgIpc) is 3.13. The molecule has 0 aliphatic heterocycles. The zero-order chi connectivity index (χ0) is 18.1. The second kappa shape index (κ2) is 7.05. The zero-order valence-electron chi connectivity index (χ0n) is 13.8. The lowest BCUT2D eigenvalue weighted by molar-refractivity contribution is -0.113. The fourth-order valence-electron chi connectivity index (χ4n) is 2.63. The number of aromatic nitrogens is 4. The van der Waals surface area contributed by atoms with Crippen molar-refractivity contribution in [2.75, 3.05) is 11.1 Å². The molecule has 2 aromatic heterocycles. The Kier molecular flexibility index (Phi) is 4.60. The molecule has 2 heterocycles. The summed E-state index contributed by atoms with van der Waals surface area (Å²) in [4.78, 5) is 16.9. The highest BCUT2D eigenvalue weighted by Crippen LogP contribution is 2.25. The molecule has 0 unspecified atom stereocenters. The molecule has 1 N–H and O–H groups in total. The molecule has 0 saturated carbocycles. The van der Waals surface area contributed by atoms with E-state index in [-0.39, 0.29) is 11.7 Å². The first-order valence-corrected chi connectivity index (χ1v) is 9.67. The largest absolute Gasteiger partial charge is 0.325 e. The number of hydrogen-bond donors (Lipinski definition) is 1. The Labute approximate surface area is 162 Å². The lowest BCUT2D eigenvalue weighted by atomic mass is 10.2. The number of fused-ring (bicyclic) bond motifs is 3. The highest BCUT2D eigenvalue weighted by molar-refractivity contribution is 9.10. The summed E-state index contributed by atoms with van der Waals surface area (Å²) in [5, 5.41) is 11.7. The van der Waals surface area contributed by atoms with Crippen LogP contribution in [-0.2, 0) is 4.79 Å². The van der Waals surface area contributed by atoms with Crippen LogP contribution in [0.25, 0.3) is 16.7 Å². The topological polar surface area (TPSA) is 72.2 Å². The Morgan fingerprint density at radius 2 is 2.12 bits per heavy atom. The number of hydrogen-bond acceptors (Lipinski definition) is 5. The fraction of sp³-hybridized carbons (Fsp3) is 0.111. The minimum Gasteiger partial charge on any atom is -0.325 e. The van der Waals surface area contributed by atoms with E-state index >= 15 is 0 Å². The van der Waals surface area contributed by atoms with Gasteiger partial charge >= 0.3 is 0 Å². The van der Waals surface area contributed by atoms with Crippen LogP contribution in [0.1, 0.15) is 5.56 Å². The van der Waals surface area contributed by atoms with Crippen molar-refractivity contribution >= 4 is 56.0 Å². The Balaban J connectivity index is 1.54. The molecule has 8 heteroatoms. The predicted molar refractivity (Wildman–Crippen MR) is 107 cm³/mol. The van der Waals surface area contributed by atoms with Crippen LogP contribution in [0.2, 0.25) is 0 Å². The number of para-hydroxylation sites is 2. The van der Waals surface area contributed by atoms with Crippen molar-refractivity contribution in [2.24, 2.45) is 0 Å². The van der Waals surface area contributed by atoms with E-state index in [9.17, 15) is 4.79 Å². The molecule has 26 heavy (non-hydrogen) atoms. The molecule has 2 aromatic carbocycles. The van der Waals surface area contributed by atoms with Gasteiger partial charge in [0.15, 0.2) is 5.65 Å². The molecule has 0 aliphatic rings. The fourth-order valence-corrected chi connectivity index (χ4v) is 3.65. The van der Waals surface area contributed by atoms with Gasteiger partial charge in [0, 0.05) is 10.2 Å². The van der Waals surface area contributed by atoms with Crippen molar-refractivity contribution in [2.45, 2.75) is 11.9 Å². The highest BCUT2D eigenvalue weighted by Gasteiger charge is 2.13. The summed E-state index contributed by atoms with van der Waals surface area (Å²) >= 11 is 4.80. The summed E-state index contributed by atoms with van der Waals surface area (Å²) in [5.74, 6) is 0.146. The summed E-state index contributed by atoms with van der Waals surface area (Å²) in [6.45, 7) is 1.98. The zero-order valence-corrected chi connectivity index (χ0v) is 16.2. The van der Waals surface area contributed by atoms with Gasteiger partial charge in [-0.1, -0.05) is 39.8 Å². The molecular weight excluding hydrogens is 414 g/mol. The molecule has 0 bridgehead atoms. The van der Waals surface area contributed by atoms with Crippen LogP contribution in [0.15, 0.2) is 58.3 Å². The highest BCUT2D eigenvalue weighted by atomic mass is 79.9. The molecule has 0 fully saturated rings. The number of carbonyl (C=O) groups is 1. The van der Waals surface area contributed by atoms with Crippen LogP contribution < -0.4 is 5.32 Å². The lowest BCUT2D eigenvalue weighted by Crippen LogP contribution is -2.14. The third-order valence-electron chi connectivity index (χ3n) is 3.88. The number of amides is 1. The molecule has 0 radical (unpaired) electrons. The molecule has 4 aromatic rings. The van der Waals surface area contributed by atoms with E-state index in [4.69, 9.17) is 0 Å². The van der Waals surface area contributed by atoms with Gasteiger partial charge < -0.3 is 5.32 Å². The quantitative estimate of drug-likeness (QED) is 0.496. The number of halogens is 1. The van der Waals surface area contributed by atoms with E-state index in [1.54, 1.807) is 6.33 Å².